The number of nitrogens with one attached hydrogen (secondary N) is 2. The molecule has 27 heavy (non-hydrogen) atoms. The summed E-state index contributed by atoms with van der Waals surface area (Å²) in [5, 5.41) is 0. The number of fused-ring (bicyclic) bond motifs is 1. The highest BCUT2D eigenvalue weighted by Crippen LogP contribution is 2.35. The fraction of sp³-hybridized carbons (Fsp3) is 0.222. The van der Waals surface area contributed by atoms with Crippen molar-refractivity contribution in [2.24, 2.45) is 0 Å². The summed E-state index contributed by atoms with van der Waals surface area (Å²) < 4.78 is 14.1. The standard InChI is InChI=1S/C18H17FN8/c19-11-5-2-1-4-10(11)12-8-21-16(24-12)13-6-3-7-27(13)18-25-15(20)14-17(26-18)23-9-22-14/h1-2,4-5,8-9,13H,3,6-7H2,(H,21,24)(H3,20,22,23,25,26). The smallest absolute Gasteiger partial charge is 0.230 e. The molecule has 136 valence electrons. The van der Waals surface area contributed by atoms with Crippen LogP contribution in [0.25, 0.3) is 22.4 Å². The van der Waals surface area contributed by atoms with Crippen molar-refractivity contribution < 1.29 is 4.39 Å². The van der Waals surface area contributed by atoms with Gasteiger partial charge in [0, 0.05) is 12.1 Å². The zero-order valence-corrected chi connectivity index (χ0v) is 14.4. The Bertz CT molecular complexity index is 1120. The average molecular weight is 364 g/mol. The summed E-state index contributed by atoms with van der Waals surface area (Å²) in [6.07, 6.45) is 5.08. The summed E-state index contributed by atoms with van der Waals surface area (Å²) >= 11 is 0. The molecule has 4 N–H and O–H groups in total. The minimum absolute atomic E-state index is 0.0266. The summed E-state index contributed by atoms with van der Waals surface area (Å²) in [7, 11) is 0. The van der Waals surface area contributed by atoms with Crippen LogP contribution in [0.15, 0.2) is 36.8 Å². The van der Waals surface area contributed by atoms with Crippen molar-refractivity contribution in [3.05, 3.63) is 48.4 Å². The molecule has 8 nitrogen and oxygen atoms in total. The van der Waals surface area contributed by atoms with Gasteiger partial charge in [0.05, 0.1) is 24.3 Å². The third kappa shape index (κ3) is 2.59. The van der Waals surface area contributed by atoms with Gasteiger partial charge in [-0.05, 0) is 25.0 Å². The van der Waals surface area contributed by atoms with E-state index in [1.807, 2.05) is 0 Å². The second kappa shape index (κ2) is 6.04. The van der Waals surface area contributed by atoms with Crippen LogP contribution >= 0.6 is 0 Å². The number of H-pyrrole nitrogens is 2. The Kier molecular flexibility index (Phi) is 3.52. The van der Waals surface area contributed by atoms with E-state index in [4.69, 9.17) is 5.73 Å². The second-order valence-corrected chi connectivity index (χ2v) is 6.52. The Morgan fingerprint density at radius 1 is 1.19 bits per heavy atom. The van der Waals surface area contributed by atoms with Crippen molar-refractivity contribution in [2.45, 2.75) is 18.9 Å². The minimum atomic E-state index is -0.281. The number of halogens is 1. The van der Waals surface area contributed by atoms with E-state index in [1.54, 1.807) is 30.7 Å². The lowest BCUT2D eigenvalue weighted by atomic mass is 10.1. The summed E-state index contributed by atoms with van der Waals surface area (Å²) in [4.78, 5) is 25.9. The van der Waals surface area contributed by atoms with Crippen LogP contribution in [0, 0.1) is 5.82 Å². The third-order valence-corrected chi connectivity index (χ3v) is 4.89. The van der Waals surface area contributed by atoms with Gasteiger partial charge in [0.1, 0.15) is 17.2 Å². The molecule has 4 heterocycles. The van der Waals surface area contributed by atoms with E-state index in [9.17, 15) is 4.39 Å². The van der Waals surface area contributed by atoms with E-state index >= 15 is 0 Å². The number of nitrogen functional groups attached to an aromatic ring is 1. The number of nitrogens with two attached hydrogens (primary N) is 1. The molecule has 0 aliphatic carbocycles. The Hall–Kier alpha value is -3.49. The number of benzene rings is 1. The molecule has 0 amide bonds. The van der Waals surface area contributed by atoms with E-state index in [0.29, 0.717) is 34.2 Å². The van der Waals surface area contributed by atoms with Crippen molar-refractivity contribution in [3.8, 4) is 11.3 Å². The van der Waals surface area contributed by atoms with Gasteiger partial charge in [-0.25, -0.2) is 14.4 Å². The Balaban J connectivity index is 1.50. The monoisotopic (exact) mass is 364 g/mol. The molecule has 4 aromatic rings. The molecule has 1 fully saturated rings. The highest BCUT2D eigenvalue weighted by Gasteiger charge is 2.31. The molecule has 1 saturated heterocycles. The Morgan fingerprint density at radius 3 is 2.96 bits per heavy atom. The first kappa shape index (κ1) is 15.7. The van der Waals surface area contributed by atoms with E-state index in [2.05, 4.69) is 34.8 Å². The molecule has 1 aliphatic heterocycles. The largest absolute Gasteiger partial charge is 0.382 e. The third-order valence-electron chi connectivity index (χ3n) is 4.89. The van der Waals surface area contributed by atoms with Gasteiger partial charge in [-0.2, -0.15) is 9.97 Å². The molecule has 5 rings (SSSR count). The number of imidazole rings is 2. The molecule has 9 heteroatoms. The molecule has 0 spiro atoms. The maximum absolute atomic E-state index is 14.1. The maximum Gasteiger partial charge on any atom is 0.230 e. The van der Waals surface area contributed by atoms with Crippen LogP contribution in [0.1, 0.15) is 24.7 Å². The average Bonchev–Trinajstić information content (AvgIpc) is 3.41. The molecule has 0 radical (unpaired) electrons. The van der Waals surface area contributed by atoms with Crippen LogP contribution in [0.4, 0.5) is 16.2 Å². The number of rotatable bonds is 3. The van der Waals surface area contributed by atoms with Gasteiger partial charge in [0.2, 0.25) is 5.95 Å². The number of anilines is 2. The van der Waals surface area contributed by atoms with Crippen LogP contribution in [0.2, 0.25) is 0 Å². The Morgan fingerprint density at radius 2 is 2.07 bits per heavy atom. The van der Waals surface area contributed by atoms with Crippen LogP contribution in [0.3, 0.4) is 0 Å². The van der Waals surface area contributed by atoms with E-state index in [1.165, 1.54) is 6.07 Å². The van der Waals surface area contributed by atoms with Gasteiger partial charge in [-0.3, -0.25) is 0 Å². The van der Waals surface area contributed by atoms with E-state index in [-0.39, 0.29) is 11.9 Å². The molecular weight excluding hydrogens is 347 g/mol. The van der Waals surface area contributed by atoms with E-state index in [0.717, 1.165) is 25.2 Å². The van der Waals surface area contributed by atoms with Gasteiger partial charge in [-0.15, -0.1) is 0 Å². The fourth-order valence-corrected chi connectivity index (χ4v) is 3.58. The number of aromatic amines is 2. The van der Waals surface area contributed by atoms with Crippen molar-refractivity contribution in [1.29, 1.82) is 0 Å². The lowest BCUT2D eigenvalue weighted by molar-refractivity contribution is 0.630. The minimum Gasteiger partial charge on any atom is -0.382 e. The van der Waals surface area contributed by atoms with Gasteiger partial charge in [-0.1, -0.05) is 12.1 Å². The lowest BCUT2D eigenvalue weighted by Crippen LogP contribution is -2.25. The van der Waals surface area contributed by atoms with Crippen molar-refractivity contribution in [2.75, 3.05) is 17.2 Å². The van der Waals surface area contributed by atoms with E-state index < -0.39 is 0 Å². The molecule has 0 saturated carbocycles. The predicted molar refractivity (Wildman–Crippen MR) is 99.4 cm³/mol. The quantitative estimate of drug-likeness (QED) is 0.515. The van der Waals surface area contributed by atoms with Crippen molar-refractivity contribution >= 4 is 22.9 Å². The topological polar surface area (TPSA) is 112 Å². The number of hydrogen-bond donors (Lipinski definition) is 3. The van der Waals surface area contributed by atoms with Crippen LogP contribution in [0.5, 0.6) is 0 Å². The molecule has 1 atom stereocenters. The van der Waals surface area contributed by atoms with Crippen molar-refractivity contribution in [1.82, 2.24) is 29.9 Å². The number of hydrogen-bond acceptors (Lipinski definition) is 6. The summed E-state index contributed by atoms with van der Waals surface area (Å²) in [5.74, 6) is 1.37. The van der Waals surface area contributed by atoms with Gasteiger partial charge >= 0.3 is 0 Å². The summed E-state index contributed by atoms with van der Waals surface area (Å²) in [6.45, 7) is 0.787. The summed E-state index contributed by atoms with van der Waals surface area (Å²) in [6, 6.07) is 6.61. The molecular formula is C18H17FN8. The lowest BCUT2D eigenvalue weighted by Gasteiger charge is -2.23. The summed E-state index contributed by atoms with van der Waals surface area (Å²) in [5.41, 5.74) is 8.36. The van der Waals surface area contributed by atoms with Gasteiger partial charge in [0.15, 0.2) is 11.5 Å². The first-order chi connectivity index (χ1) is 13.2. The number of nitrogens with zero attached hydrogens (tertiary/aromatic N) is 5. The van der Waals surface area contributed by atoms with Crippen LogP contribution < -0.4 is 10.6 Å². The molecule has 0 bridgehead atoms. The molecule has 3 aromatic heterocycles. The van der Waals surface area contributed by atoms with Gasteiger partial charge in [0.25, 0.3) is 0 Å². The SMILES string of the molecule is Nc1nc(N2CCCC2c2ncc(-c3ccccc3F)[nH]2)nc2nc[nH]c12. The maximum atomic E-state index is 14.1. The first-order valence-corrected chi connectivity index (χ1v) is 8.74. The second-order valence-electron chi connectivity index (χ2n) is 6.52. The Labute approximate surface area is 153 Å². The first-order valence-electron chi connectivity index (χ1n) is 8.74. The van der Waals surface area contributed by atoms with Crippen molar-refractivity contribution in [3.63, 3.8) is 0 Å². The fourth-order valence-electron chi connectivity index (χ4n) is 3.58. The number of aromatic nitrogens is 6. The normalized spacial score (nSPS) is 17.1. The zero-order chi connectivity index (χ0) is 18.4. The molecule has 1 aliphatic rings. The molecule has 1 aromatic carbocycles. The van der Waals surface area contributed by atoms with Crippen LogP contribution in [-0.4, -0.2) is 36.4 Å². The van der Waals surface area contributed by atoms with Gasteiger partial charge < -0.3 is 20.6 Å². The highest BCUT2D eigenvalue weighted by molar-refractivity contribution is 5.82. The highest BCUT2D eigenvalue weighted by atomic mass is 19.1. The van der Waals surface area contributed by atoms with Crippen LogP contribution in [-0.2, 0) is 0 Å². The molecule has 1 unspecified atom stereocenters. The predicted octanol–water partition coefficient (Wildman–Crippen LogP) is 2.81. The zero-order valence-electron chi connectivity index (χ0n) is 14.4.